The number of methoxy groups -OCH3 is 1. The molecule has 0 saturated carbocycles. The molecule has 1 fully saturated rings. The minimum atomic E-state index is 0.493. The van der Waals surface area contributed by atoms with Crippen molar-refractivity contribution in [3.8, 4) is 11.5 Å². The minimum absolute atomic E-state index is 0.493. The third-order valence-corrected chi connectivity index (χ3v) is 5.12. The van der Waals surface area contributed by atoms with E-state index in [1.54, 1.807) is 7.11 Å². The van der Waals surface area contributed by atoms with Gasteiger partial charge in [-0.25, -0.2) is 0 Å². The van der Waals surface area contributed by atoms with Crippen LogP contribution in [0, 0.1) is 0 Å². The Bertz CT molecular complexity index is 678. The number of piperazine rings is 1. The third kappa shape index (κ3) is 2.94. The van der Waals surface area contributed by atoms with E-state index >= 15 is 0 Å². The van der Waals surface area contributed by atoms with Crippen LogP contribution in [0.15, 0.2) is 48.5 Å². The highest BCUT2D eigenvalue weighted by Crippen LogP contribution is 2.36. The molecule has 4 heteroatoms. The third-order valence-electron chi connectivity index (χ3n) is 5.12. The van der Waals surface area contributed by atoms with Gasteiger partial charge in [0.15, 0.2) is 0 Å². The highest BCUT2D eigenvalue weighted by atomic mass is 16.5. The van der Waals surface area contributed by atoms with Crippen LogP contribution >= 0.6 is 0 Å². The highest BCUT2D eigenvalue weighted by molar-refractivity contribution is 5.49. The second-order valence-electron chi connectivity index (χ2n) is 6.41. The molecule has 24 heavy (non-hydrogen) atoms. The van der Waals surface area contributed by atoms with E-state index in [9.17, 15) is 0 Å². The van der Waals surface area contributed by atoms with Gasteiger partial charge in [0.2, 0.25) is 0 Å². The van der Waals surface area contributed by atoms with E-state index in [-0.39, 0.29) is 0 Å². The minimum Gasteiger partial charge on any atom is -0.497 e. The second-order valence-corrected chi connectivity index (χ2v) is 6.41. The average molecular weight is 324 g/mol. The summed E-state index contributed by atoms with van der Waals surface area (Å²) in [4.78, 5) is 5.07. The summed E-state index contributed by atoms with van der Waals surface area (Å²) in [5.41, 5.74) is 2.63. The number of para-hydroxylation sites is 1. The number of fused-ring (bicyclic) bond motifs is 1. The molecule has 0 spiro atoms. The van der Waals surface area contributed by atoms with Crippen LogP contribution in [-0.2, 0) is 0 Å². The molecule has 0 amide bonds. The van der Waals surface area contributed by atoms with Crippen molar-refractivity contribution in [1.29, 1.82) is 0 Å². The van der Waals surface area contributed by atoms with Gasteiger partial charge in [-0.2, -0.15) is 0 Å². The molecule has 126 valence electrons. The van der Waals surface area contributed by atoms with Gasteiger partial charge in [-0.15, -0.1) is 0 Å². The molecule has 0 aliphatic carbocycles. The van der Waals surface area contributed by atoms with Gasteiger partial charge in [-0.05, 0) is 30.3 Å². The van der Waals surface area contributed by atoms with Gasteiger partial charge in [-0.1, -0.05) is 18.2 Å². The van der Waals surface area contributed by atoms with Crippen LogP contribution in [0.2, 0.25) is 0 Å². The van der Waals surface area contributed by atoms with Gasteiger partial charge >= 0.3 is 0 Å². The lowest BCUT2D eigenvalue weighted by Crippen LogP contribution is -2.48. The van der Waals surface area contributed by atoms with Crippen LogP contribution in [0.5, 0.6) is 11.5 Å². The van der Waals surface area contributed by atoms with Crippen molar-refractivity contribution < 1.29 is 9.47 Å². The first-order valence-corrected chi connectivity index (χ1v) is 8.70. The van der Waals surface area contributed by atoms with Crippen molar-refractivity contribution in [1.82, 2.24) is 4.90 Å². The van der Waals surface area contributed by atoms with Crippen molar-refractivity contribution in [3.05, 3.63) is 54.1 Å². The summed E-state index contributed by atoms with van der Waals surface area (Å²) in [5, 5.41) is 0. The zero-order valence-corrected chi connectivity index (χ0v) is 14.1. The van der Waals surface area contributed by atoms with Crippen LogP contribution in [-0.4, -0.2) is 44.8 Å². The quantitative estimate of drug-likeness (QED) is 0.864. The molecule has 2 aliphatic heterocycles. The van der Waals surface area contributed by atoms with Gasteiger partial charge < -0.3 is 14.4 Å². The molecule has 2 aliphatic rings. The molecule has 4 rings (SSSR count). The van der Waals surface area contributed by atoms with Gasteiger partial charge in [0.1, 0.15) is 11.5 Å². The molecule has 0 N–H and O–H groups in total. The number of ether oxygens (including phenoxy) is 2. The van der Waals surface area contributed by atoms with E-state index in [1.165, 1.54) is 11.3 Å². The Balaban J connectivity index is 1.43. The monoisotopic (exact) mass is 324 g/mol. The Labute approximate surface area is 143 Å². The molecule has 2 heterocycles. The molecular formula is C20H24N2O2. The fraction of sp³-hybridized carbons (Fsp3) is 0.400. The molecule has 1 saturated heterocycles. The summed E-state index contributed by atoms with van der Waals surface area (Å²) in [6.45, 7) is 5.12. The van der Waals surface area contributed by atoms with E-state index in [0.717, 1.165) is 50.7 Å². The normalized spacial score (nSPS) is 21.0. The van der Waals surface area contributed by atoms with Crippen molar-refractivity contribution in [2.24, 2.45) is 0 Å². The zero-order chi connectivity index (χ0) is 16.4. The van der Waals surface area contributed by atoms with Crippen molar-refractivity contribution in [2.75, 3.05) is 44.8 Å². The van der Waals surface area contributed by atoms with Crippen molar-refractivity contribution >= 4 is 5.69 Å². The Morgan fingerprint density at radius 1 is 0.958 bits per heavy atom. The molecule has 0 aromatic heterocycles. The second kappa shape index (κ2) is 6.73. The van der Waals surface area contributed by atoms with Crippen LogP contribution in [0.1, 0.15) is 18.0 Å². The number of rotatable bonds is 3. The van der Waals surface area contributed by atoms with E-state index in [4.69, 9.17) is 9.47 Å². The molecule has 2 aromatic carbocycles. The standard InChI is InChI=1S/C20H24N2O2/c1-23-17-8-6-16(7-9-17)21-11-13-22(14-12-21)19-10-15-24-20-5-3-2-4-18(19)20/h2-9,19H,10-15H2,1H3. The fourth-order valence-electron chi connectivity index (χ4n) is 3.79. The van der Waals surface area contributed by atoms with Crippen LogP contribution in [0.3, 0.4) is 0 Å². The first kappa shape index (κ1) is 15.3. The summed E-state index contributed by atoms with van der Waals surface area (Å²) in [6, 6.07) is 17.4. The van der Waals surface area contributed by atoms with Gasteiger partial charge in [-0.3, -0.25) is 4.90 Å². The molecule has 0 bridgehead atoms. The maximum absolute atomic E-state index is 5.81. The number of benzene rings is 2. The summed E-state index contributed by atoms with van der Waals surface area (Å²) >= 11 is 0. The number of anilines is 1. The van der Waals surface area contributed by atoms with Crippen LogP contribution in [0.4, 0.5) is 5.69 Å². The SMILES string of the molecule is COc1ccc(N2CCN(C3CCOc4ccccc43)CC2)cc1. The largest absolute Gasteiger partial charge is 0.497 e. The Kier molecular flexibility index (Phi) is 4.30. The zero-order valence-electron chi connectivity index (χ0n) is 14.1. The van der Waals surface area contributed by atoms with E-state index < -0.39 is 0 Å². The maximum Gasteiger partial charge on any atom is 0.124 e. The summed E-state index contributed by atoms with van der Waals surface area (Å²) in [6.07, 6.45) is 1.08. The molecule has 1 atom stereocenters. The van der Waals surface area contributed by atoms with E-state index in [2.05, 4.69) is 46.2 Å². The Morgan fingerprint density at radius 2 is 1.71 bits per heavy atom. The topological polar surface area (TPSA) is 24.9 Å². The molecule has 1 unspecified atom stereocenters. The van der Waals surface area contributed by atoms with Crippen LogP contribution < -0.4 is 14.4 Å². The number of hydrogen-bond donors (Lipinski definition) is 0. The molecular weight excluding hydrogens is 300 g/mol. The van der Waals surface area contributed by atoms with Gasteiger partial charge in [0.25, 0.3) is 0 Å². The van der Waals surface area contributed by atoms with E-state index in [1.807, 2.05) is 12.1 Å². The van der Waals surface area contributed by atoms with Crippen LogP contribution in [0.25, 0.3) is 0 Å². The van der Waals surface area contributed by atoms with Gasteiger partial charge in [0.05, 0.1) is 13.7 Å². The van der Waals surface area contributed by atoms with Crippen molar-refractivity contribution in [2.45, 2.75) is 12.5 Å². The number of hydrogen-bond acceptors (Lipinski definition) is 4. The van der Waals surface area contributed by atoms with E-state index in [0.29, 0.717) is 6.04 Å². The number of nitrogens with zero attached hydrogens (tertiary/aromatic N) is 2. The van der Waals surface area contributed by atoms with Gasteiger partial charge in [0, 0.05) is 49.9 Å². The Morgan fingerprint density at radius 3 is 2.46 bits per heavy atom. The lowest BCUT2D eigenvalue weighted by molar-refractivity contribution is 0.133. The first-order valence-electron chi connectivity index (χ1n) is 8.70. The maximum atomic E-state index is 5.81. The smallest absolute Gasteiger partial charge is 0.124 e. The predicted molar refractivity (Wildman–Crippen MR) is 96.1 cm³/mol. The lowest BCUT2D eigenvalue weighted by Gasteiger charge is -2.42. The first-order chi connectivity index (χ1) is 11.8. The summed E-state index contributed by atoms with van der Waals surface area (Å²) in [5.74, 6) is 1.97. The average Bonchev–Trinajstić information content (AvgIpc) is 2.68. The lowest BCUT2D eigenvalue weighted by atomic mass is 9.98. The summed E-state index contributed by atoms with van der Waals surface area (Å²) < 4.78 is 11.1. The molecule has 4 nitrogen and oxygen atoms in total. The highest BCUT2D eigenvalue weighted by Gasteiger charge is 2.29. The fourth-order valence-corrected chi connectivity index (χ4v) is 3.79. The Hall–Kier alpha value is -2.20. The summed E-state index contributed by atoms with van der Waals surface area (Å²) in [7, 11) is 1.71. The molecule has 2 aromatic rings. The van der Waals surface area contributed by atoms with Crippen molar-refractivity contribution in [3.63, 3.8) is 0 Å². The predicted octanol–water partition coefficient (Wildman–Crippen LogP) is 3.34. The molecule has 0 radical (unpaired) electrons.